The van der Waals surface area contributed by atoms with Crippen LogP contribution in [0.15, 0.2) is 23.4 Å². The first-order valence-electron chi connectivity index (χ1n) is 10.0. The molecule has 0 aliphatic carbocycles. The van der Waals surface area contributed by atoms with Gasteiger partial charge in [0, 0.05) is 24.4 Å². The van der Waals surface area contributed by atoms with E-state index >= 15 is 0 Å². The number of ether oxygens (including phenoxy) is 1. The smallest absolute Gasteiger partial charge is 0.287 e. The number of aliphatic hydroxyl groups excluding tert-OH is 1. The van der Waals surface area contributed by atoms with Crippen molar-refractivity contribution in [1.82, 2.24) is 29.5 Å². The van der Waals surface area contributed by atoms with Crippen LogP contribution in [0.1, 0.15) is 11.4 Å². The maximum atomic E-state index is 14.8. The standard InChI is InChI=1S/C20H23ClFN7O3/c1-11-18(12(2)27(3)26-11)14-6-17(24-10-23-14)32-16-9-28(8-13(16)22)15-7-25-29(4-5-30)20(31)19(15)21/h6-7,10,13,16,30H,4-5,8-9H2,1-3H3/t13-,16-/m0/s1. The molecule has 0 unspecified atom stereocenters. The molecule has 1 aliphatic heterocycles. The number of hydrogen-bond acceptors (Lipinski definition) is 8. The summed E-state index contributed by atoms with van der Waals surface area (Å²) in [7, 11) is 1.85. The van der Waals surface area contributed by atoms with Crippen molar-refractivity contribution in [2.24, 2.45) is 7.05 Å². The second-order valence-electron chi connectivity index (χ2n) is 7.58. The first-order valence-corrected chi connectivity index (χ1v) is 10.4. The quantitative estimate of drug-likeness (QED) is 0.582. The molecular formula is C20H23ClFN7O3. The minimum Gasteiger partial charge on any atom is -0.469 e. The first kappa shape index (κ1) is 22.2. The summed E-state index contributed by atoms with van der Waals surface area (Å²) >= 11 is 6.20. The number of aryl methyl sites for hydroxylation is 2. The molecule has 2 atom stereocenters. The van der Waals surface area contributed by atoms with E-state index in [1.165, 1.54) is 12.5 Å². The van der Waals surface area contributed by atoms with Gasteiger partial charge in [0.25, 0.3) is 5.56 Å². The minimum absolute atomic E-state index is 0.00567. The van der Waals surface area contributed by atoms with Crippen LogP contribution in [0.25, 0.3) is 11.3 Å². The summed E-state index contributed by atoms with van der Waals surface area (Å²) in [4.78, 5) is 22.4. The van der Waals surface area contributed by atoms with Crippen LogP contribution >= 0.6 is 11.6 Å². The molecular weight excluding hydrogens is 441 g/mol. The van der Waals surface area contributed by atoms with Crippen molar-refractivity contribution >= 4 is 17.3 Å². The highest BCUT2D eigenvalue weighted by Gasteiger charge is 2.36. The van der Waals surface area contributed by atoms with Gasteiger partial charge in [-0.2, -0.15) is 10.2 Å². The van der Waals surface area contributed by atoms with Gasteiger partial charge in [-0.3, -0.25) is 9.48 Å². The molecule has 1 N–H and O–H groups in total. The fourth-order valence-electron chi connectivity index (χ4n) is 3.81. The molecule has 1 aliphatic rings. The molecule has 1 fully saturated rings. The normalized spacial score (nSPS) is 18.4. The van der Waals surface area contributed by atoms with E-state index in [4.69, 9.17) is 21.4 Å². The van der Waals surface area contributed by atoms with Crippen LogP contribution in [-0.4, -0.2) is 66.6 Å². The Kier molecular flexibility index (Phi) is 6.11. The van der Waals surface area contributed by atoms with E-state index in [0.717, 1.165) is 21.6 Å². The molecule has 0 bridgehead atoms. The van der Waals surface area contributed by atoms with Gasteiger partial charge in [0.05, 0.1) is 49.5 Å². The largest absolute Gasteiger partial charge is 0.469 e. The lowest BCUT2D eigenvalue weighted by atomic mass is 10.1. The number of alkyl halides is 1. The lowest BCUT2D eigenvalue weighted by Crippen LogP contribution is -2.30. The van der Waals surface area contributed by atoms with E-state index in [0.29, 0.717) is 11.4 Å². The predicted octanol–water partition coefficient (Wildman–Crippen LogP) is 1.30. The summed E-state index contributed by atoms with van der Waals surface area (Å²) in [5.74, 6) is 0.245. The van der Waals surface area contributed by atoms with E-state index in [2.05, 4.69) is 20.2 Å². The minimum atomic E-state index is -1.33. The molecule has 4 rings (SSSR count). The molecule has 3 aromatic heterocycles. The van der Waals surface area contributed by atoms with Gasteiger partial charge in [-0.05, 0) is 13.8 Å². The number of hydrogen-bond donors (Lipinski definition) is 1. The Bertz CT molecular complexity index is 1200. The molecule has 0 amide bonds. The zero-order valence-electron chi connectivity index (χ0n) is 17.9. The number of aliphatic hydroxyl groups is 1. The Balaban J connectivity index is 1.53. The fourth-order valence-corrected chi connectivity index (χ4v) is 4.08. The SMILES string of the molecule is Cc1nn(C)c(C)c1-c1cc(O[C@H]2CN(c3cnn(CCO)c(=O)c3Cl)C[C@@H]2F)ncn1. The van der Waals surface area contributed by atoms with Crippen LogP contribution < -0.4 is 15.2 Å². The monoisotopic (exact) mass is 463 g/mol. The Morgan fingerprint density at radius 3 is 2.78 bits per heavy atom. The highest BCUT2D eigenvalue weighted by molar-refractivity contribution is 6.33. The van der Waals surface area contributed by atoms with Crippen molar-refractivity contribution in [2.45, 2.75) is 32.7 Å². The van der Waals surface area contributed by atoms with E-state index in [1.807, 2.05) is 20.9 Å². The van der Waals surface area contributed by atoms with Gasteiger partial charge in [0.2, 0.25) is 5.88 Å². The fraction of sp³-hybridized carbons (Fsp3) is 0.450. The van der Waals surface area contributed by atoms with Crippen molar-refractivity contribution in [3.63, 3.8) is 0 Å². The van der Waals surface area contributed by atoms with E-state index in [-0.39, 0.29) is 37.1 Å². The second kappa shape index (κ2) is 8.83. The van der Waals surface area contributed by atoms with Gasteiger partial charge in [-0.1, -0.05) is 11.6 Å². The van der Waals surface area contributed by atoms with Crippen LogP contribution in [0.3, 0.4) is 0 Å². The summed E-state index contributed by atoms with van der Waals surface area (Å²) in [5.41, 5.74) is 3.07. The summed E-state index contributed by atoms with van der Waals surface area (Å²) in [6, 6.07) is 1.66. The van der Waals surface area contributed by atoms with Crippen molar-refractivity contribution < 1.29 is 14.2 Å². The topological polar surface area (TPSA) is 111 Å². The lowest BCUT2D eigenvalue weighted by molar-refractivity contribution is 0.134. The van der Waals surface area contributed by atoms with Crippen molar-refractivity contribution in [1.29, 1.82) is 0 Å². The Morgan fingerprint density at radius 1 is 1.31 bits per heavy atom. The maximum Gasteiger partial charge on any atom is 0.287 e. The highest BCUT2D eigenvalue weighted by atomic mass is 35.5. The molecule has 0 saturated carbocycles. The molecule has 4 heterocycles. The maximum absolute atomic E-state index is 14.8. The second-order valence-corrected chi connectivity index (χ2v) is 7.96. The Morgan fingerprint density at radius 2 is 2.09 bits per heavy atom. The molecule has 170 valence electrons. The molecule has 10 nitrogen and oxygen atoms in total. The Labute approximate surface area is 188 Å². The lowest BCUT2D eigenvalue weighted by Gasteiger charge is -2.19. The molecule has 0 aromatic carbocycles. The number of aromatic nitrogens is 6. The third-order valence-corrected chi connectivity index (χ3v) is 5.85. The van der Waals surface area contributed by atoms with Crippen LogP contribution in [0.5, 0.6) is 5.88 Å². The predicted molar refractivity (Wildman–Crippen MR) is 116 cm³/mol. The highest BCUT2D eigenvalue weighted by Crippen LogP contribution is 2.30. The molecule has 12 heteroatoms. The van der Waals surface area contributed by atoms with Gasteiger partial charge in [0.1, 0.15) is 11.3 Å². The molecule has 32 heavy (non-hydrogen) atoms. The van der Waals surface area contributed by atoms with Gasteiger partial charge in [-0.25, -0.2) is 19.0 Å². The van der Waals surface area contributed by atoms with Gasteiger partial charge in [0.15, 0.2) is 12.3 Å². The third-order valence-electron chi connectivity index (χ3n) is 5.50. The molecule has 1 saturated heterocycles. The van der Waals surface area contributed by atoms with E-state index in [9.17, 15) is 9.18 Å². The van der Waals surface area contributed by atoms with Gasteiger partial charge >= 0.3 is 0 Å². The van der Waals surface area contributed by atoms with Crippen LogP contribution in [0.4, 0.5) is 10.1 Å². The average Bonchev–Trinajstić information content (AvgIpc) is 3.24. The van der Waals surface area contributed by atoms with E-state index in [1.54, 1.807) is 15.6 Å². The van der Waals surface area contributed by atoms with Crippen LogP contribution in [-0.2, 0) is 13.6 Å². The molecule has 3 aromatic rings. The number of halogens is 2. The van der Waals surface area contributed by atoms with Crippen molar-refractivity contribution in [3.05, 3.63) is 45.4 Å². The summed E-state index contributed by atoms with van der Waals surface area (Å²) in [5, 5.41) is 17.3. The van der Waals surface area contributed by atoms with Crippen LogP contribution in [0, 0.1) is 13.8 Å². The zero-order chi connectivity index (χ0) is 23.0. The number of anilines is 1. The number of rotatable bonds is 6. The first-order chi connectivity index (χ1) is 15.3. The van der Waals surface area contributed by atoms with E-state index < -0.39 is 17.8 Å². The van der Waals surface area contributed by atoms with Crippen LogP contribution in [0.2, 0.25) is 5.02 Å². The third kappa shape index (κ3) is 4.05. The molecule has 0 radical (unpaired) electrons. The van der Waals surface area contributed by atoms with Gasteiger partial charge in [-0.15, -0.1) is 0 Å². The summed E-state index contributed by atoms with van der Waals surface area (Å²) in [6.45, 7) is 3.78. The van der Waals surface area contributed by atoms with Crippen molar-refractivity contribution in [3.8, 4) is 17.1 Å². The van der Waals surface area contributed by atoms with Gasteiger partial charge < -0.3 is 14.7 Å². The van der Waals surface area contributed by atoms with Crippen molar-refractivity contribution in [2.75, 3.05) is 24.6 Å². The molecule has 0 spiro atoms. The summed E-state index contributed by atoms with van der Waals surface area (Å²) in [6.07, 6.45) is 0.625. The summed E-state index contributed by atoms with van der Waals surface area (Å²) < 4.78 is 23.5. The average molecular weight is 464 g/mol. The number of nitrogens with zero attached hydrogens (tertiary/aromatic N) is 7. The zero-order valence-corrected chi connectivity index (χ0v) is 18.6. The Hall–Kier alpha value is -3.05.